The Morgan fingerprint density at radius 1 is 1.19 bits per heavy atom. The van der Waals surface area contributed by atoms with E-state index < -0.39 is 10.0 Å². The molecule has 1 aromatic carbocycles. The van der Waals surface area contributed by atoms with Crippen LogP contribution >= 0.6 is 11.6 Å². The van der Waals surface area contributed by atoms with E-state index in [1.165, 1.54) is 22.5 Å². The summed E-state index contributed by atoms with van der Waals surface area (Å²) in [6, 6.07) is 7.74. The molecule has 2 rings (SSSR count). The Labute approximate surface area is 165 Å². The lowest BCUT2D eigenvalue weighted by Crippen LogP contribution is -2.37. The minimum absolute atomic E-state index is 0.0615. The van der Waals surface area contributed by atoms with Crippen LogP contribution in [0.15, 0.2) is 47.6 Å². The van der Waals surface area contributed by atoms with Crippen LogP contribution in [-0.2, 0) is 10.0 Å². The molecule has 1 aromatic heterocycles. The van der Waals surface area contributed by atoms with Crippen LogP contribution in [0.1, 0.15) is 38.1 Å². The number of hydrogen-bond acceptors (Lipinski definition) is 4. The Hall–Kier alpha value is -1.96. The molecule has 146 valence electrons. The SMILES string of the molecule is CCN(CC)S(=O)(=O)c1cc(C(=O)N(c2cccnc2)C(C)C)ccc1Cl. The maximum absolute atomic E-state index is 13.1. The summed E-state index contributed by atoms with van der Waals surface area (Å²) < 4.78 is 27.1. The van der Waals surface area contributed by atoms with E-state index in [4.69, 9.17) is 11.6 Å². The second kappa shape index (κ2) is 8.82. The zero-order valence-corrected chi connectivity index (χ0v) is 17.5. The van der Waals surface area contributed by atoms with E-state index in [2.05, 4.69) is 4.98 Å². The Morgan fingerprint density at radius 2 is 1.85 bits per heavy atom. The minimum Gasteiger partial charge on any atom is -0.304 e. The summed E-state index contributed by atoms with van der Waals surface area (Å²) >= 11 is 6.16. The first-order valence-corrected chi connectivity index (χ1v) is 10.6. The summed E-state index contributed by atoms with van der Waals surface area (Å²) in [5, 5.41) is 0.0934. The van der Waals surface area contributed by atoms with Crippen LogP contribution in [0.3, 0.4) is 0 Å². The normalized spacial score (nSPS) is 11.8. The molecule has 0 atom stereocenters. The number of hydrogen-bond donors (Lipinski definition) is 0. The van der Waals surface area contributed by atoms with Gasteiger partial charge in [-0.05, 0) is 44.2 Å². The number of benzene rings is 1. The van der Waals surface area contributed by atoms with Crippen LogP contribution in [0, 0.1) is 0 Å². The minimum atomic E-state index is -3.78. The van der Waals surface area contributed by atoms with Crippen LogP contribution in [0.5, 0.6) is 0 Å². The molecule has 0 aliphatic carbocycles. The molecule has 2 aromatic rings. The van der Waals surface area contributed by atoms with Gasteiger partial charge >= 0.3 is 0 Å². The van der Waals surface area contributed by atoms with E-state index >= 15 is 0 Å². The highest BCUT2D eigenvalue weighted by Crippen LogP contribution is 2.27. The molecule has 1 heterocycles. The molecule has 0 fully saturated rings. The first kappa shape index (κ1) is 21.3. The molecule has 8 heteroatoms. The van der Waals surface area contributed by atoms with E-state index in [0.29, 0.717) is 18.8 Å². The number of halogens is 1. The van der Waals surface area contributed by atoms with Gasteiger partial charge in [-0.1, -0.05) is 25.4 Å². The Balaban J connectivity index is 2.52. The molecule has 0 aliphatic rings. The average Bonchev–Trinajstić information content (AvgIpc) is 2.63. The van der Waals surface area contributed by atoms with Crippen molar-refractivity contribution in [2.24, 2.45) is 0 Å². The Morgan fingerprint density at radius 3 is 2.37 bits per heavy atom. The van der Waals surface area contributed by atoms with Crippen molar-refractivity contribution < 1.29 is 13.2 Å². The van der Waals surface area contributed by atoms with E-state index in [9.17, 15) is 13.2 Å². The number of amides is 1. The fourth-order valence-electron chi connectivity index (χ4n) is 2.82. The number of pyridine rings is 1. The quantitative estimate of drug-likeness (QED) is 0.696. The van der Waals surface area contributed by atoms with Crippen molar-refractivity contribution in [3.05, 3.63) is 53.3 Å². The summed E-state index contributed by atoms with van der Waals surface area (Å²) in [7, 11) is -3.78. The first-order valence-electron chi connectivity index (χ1n) is 8.77. The third kappa shape index (κ3) is 4.48. The summed E-state index contributed by atoms with van der Waals surface area (Å²) in [6.45, 7) is 7.92. The molecule has 0 saturated carbocycles. The molecule has 0 spiro atoms. The van der Waals surface area contributed by atoms with Gasteiger partial charge in [0, 0.05) is 30.9 Å². The molecular formula is C19H24ClN3O3S. The molecular weight excluding hydrogens is 386 g/mol. The van der Waals surface area contributed by atoms with Crippen LogP contribution in [0.4, 0.5) is 5.69 Å². The number of carbonyl (C=O) groups is 1. The van der Waals surface area contributed by atoms with Crippen molar-refractivity contribution in [3.63, 3.8) is 0 Å². The predicted molar refractivity (Wildman–Crippen MR) is 108 cm³/mol. The van der Waals surface area contributed by atoms with Gasteiger partial charge in [0.1, 0.15) is 4.90 Å². The van der Waals surface area contributed by atoms with Gasteiger partial charge in [-0.15, -0.1) is 0 Å². The molecule has 6 nitrogen and oxygen atoms in total. The monoisotopic (exact) mass is 409 g/mol. The Kier molecular flexibility index (Phi) is 6.97. The van der Waals surface area contributed by atoms with Gasteiger partial charge in [0.05, 0.1) is 16.9 Å². The zero-order valence-electron chi connectivity index (χ0n) is 15.9. The summed E-state index contributed by atoms with van der Waals surface area (Å²) in [4.78, 5) is 18.7. The number of nitrogens with zero attached hydrogens (tertiary/aromatic N) is 3. The first-order chi connectivity index (χ1) is 12.7. The van der Waals surface area contributed by atoms with Gasteiger partial charge < -0.3 is 4.90 Å². The van der Waals surface area contributed by atoms with Gasteiger partial charge in [-0.2, -0.15) is 4.31 Å². The largest absolute Gasteiger partial charge is 0.304 e. The van der Waals surface area contributed by atoms with E-state index in [0.717, 1.165) is 0 Å². The van der Waals surface area contributed by atoms with Crippen molar-refractivity contribution in [1.82, 2.24) is 9.29 Å². The maximum atomic E-state index is 13.1. The number of rotatable bonds is 7. The number of aromatic nitrogens is 1. The lowest BCUT2D eigenvalue weighted by Gasteiger charge is -2.27. The maximum Gasteiger partial charge on any atom is 0.258 e. The second-order valence-electron chi connectivity index (χ2n) is 6.21. The van der Waals surface area contributed by atoms with Gasteiger partial charge in [-0.25, -0.2) is 8.42 Å². The lowest BCUT2D eigenvalue weighted by molar-refractivity contribution is 0.0980. The number of carbonyl (C=O) groups excluding carboxylic acids is 1. The average molecular weight is 410 g/mol. The van der Waals surface area contributed by atoms with Crippen LogP contribution < -0.4 is 4.90 Å². The van der Waals surface area contributed by atoms with Crippen molar-refractivity contribution in [2.75, 3.05) is 18.0 Å². The molecule has 27 heavy (non-hydrogen) atoms. The fourth-order valence-corrected chi connectivity index (χ4v) is 4.78. The van der Waals surface area contributed by atoms with Crippen LogP contribution in [-0.4, -0.2) is 42.7 Å². The third-order valence-electron chi connectivity index (χ3n) is 4.16. The topological polar surface area (TPSA) is 70.6 Å². The molecule has 1 amide bonds. The van der Waals surface area contributed by atoms with E-state index in [-0.39, 0.29) is 27.4 Å². The van der Waals surface area contributed by atoms with E-state index in [1.807, 2.05) is 13.8 Å². The molecule has 0 saturated heterocycles. The second-order valence-corrected chi connectivity index (χ2v) is 8.53. The van der Waals surface area contributed by atoms with Gasteiger partial charge in [0.2, 0.25) is 10.0 Å². The highest BCUT2D eigenvalue weighted by molar-refractivity contribution is 7.89. The van der Waals surface area contributed by atoms with Crippen LogP contribution in [0.25, 0.3) is 0 Å². The van der Waals surface area contributed by atoms with Gasteiger partial charge in [-0.3, -0.25) is 9.78 Å². The summed E-state index contributed by atoms with van der Waals surface area (Å²) in [5.74, 6) is -0.314. The van der Waals surface area contributed by atoms with Crippen LogP contribution in [0.2, 0.25) is 5.02 Å². The van der Waals surface area contributed by atoms with E-state index in [1.54, 1.807) is 43.3 Å². The molecule has 0 unspecified atom stereocenters. The molecule has 0 radical (unpaired) electrons. The highest BCUT2D eigenvalue weighted by atomic mass is 35.5. The Bertz CT molecular complexity index is 898. The molecule has 0 aliphatic heterocycles. The summed E-state index contributed by atoms with van der Waals surface area (Å²) in [5.41, 5.74) is 0.892. The third-order valence-corrected chi connectivity index (χ3v) is 6.69. The smallest absolute Gasteiger partial charge is 0.258 e. The fraction of sp³-hybridized carbons (Fsp3) is 0.368. The van der Waals surface area contributed by atoms with Crippen molar-refractivity contribution in [2.45, 2.75) is 38.6 Å². The van der Waals surface area contributed by atoms with Gasteiger partial charge in [0.15, 0.2) is 0 Å². The summed E-state index contributed by atoms with van der Waals surface area (Å²) in [6.07, 6.45) is 3.23. The molecule has 0 N–H and O–H groups in total. The lowest BCUT2D eigenvalue weighted by atomic mass is 10.1. The highest BCUT2D eigenvalue weighted by Gasteiger charge is 2.27. The zero-order chi connectivity index (χ0) is 20.2. The van der Waals surface area contributed by atoms with Crippen molar-refractivity contribution >= 4 is 33.2 Å². The number of sulfonamides is 1. The standard InChI is InChI=1S/C19H24ClN3O3S/c1-5-22(6-2)27(25,26)18-12-15(9-10-17(18)20)19(24)23(14(3)4)16-8-7-11-21-13-16/h7-14H,5-6H2,1-4H3. The van der Waals surface area contributed by atoms with Crippen molar-refractivity contribution in [1.29, 1.82) is 0 Å². The van der Waals surface area contributed by atoms with Crippen molar-refractivity contribution in [3.8, 4) is 0 Å². The number of anilines is 1. The molecule has 0 bridgehead atoms. The predicted octanol–water partition coefficient (Wildman–Crippen LogP) is 3.82. The van der Waals surface area contributed by atoms with Gasteiger partial charge in [0.25, 0.3) is 5.91 Å².